The van der Waals surface area contributed by atoms with Gasteiger partial charge in [0.15, 0.2) is 5.78 Å². The van der Waals surface area contributed by atoms with Crippen LogP contribution in [0, 0.1) is 0 Å². The fourth-order valence-electron chi connectivity index (χ4n) is 4.42. The summed E-state index contributed by atoms with van der Waals surface area (Å²) in [6.07, 6.45) is 2.50. The first-order chi connectivity index (χ1) is 14.5. The smallest absolute Gasteiger partial charge is 0.184 e. The second-order valence-corrected chi connectivity index (χ2v) is 8.45. The lowest BCUT2D eigenvalue weighted by molar-refractivity contribution is -0.118. The SMILES string of the molecule is CC1=C(C(=O)C2NCCc3ccccc32)C(c2cccc(Cl)c2)n2ncc(Cl)c2N1. The van der Waals surface area contributed by atoms with E-state index in [4.69, 9.17) is 23.2 Å². The van der Waals surface area contributed by atoms with E-state index in [2.05, 4.69) is 21.8 Å². The lowest BCUT2D eigenvalue weighted by Gasteiger charge is -2.33. The number of hydrogen-bond donors (Lipinski definition) is 2. The van der Waals surface area contributed by atoms with Gasteiger partial charge in [-0.15, -0.1) is 0 Å². The Kier molecular flexibility index (Phi) is 4.89. The lowest BCUT2D eigenvalue weighted by Crippen LogP contribution is -2.39. The van der Waals surface area contributed by atoms with Crippen molar-refractivity contribution in [3.8, 4) is 0 Å². The fraction of sp³-hybridized carbons (Fsp3) is 0.217. The van der Waals surface area contributed by atoms with E-state index in [0.29, 0.717) is 21.4 Å². The summed E-state index contributed by atoms with van der Waals surface area (Å²) in [6.45, 7) is 2.67. The van der Waals surface area contributed by atoms with Gasteiger partial charge < -0.3 is 10.6 Å². The van der Waals surface area contributed by atoms with Crippen molar-refractivity contribution in [2.45, 2.75) is 25.4 Å². The number of anilines is 1. The molecular formula is C23H20Cl2N4O. The van der Waals surface area contributed by atoms with Gasteiger partial charge in [0.1, 0.15) is 16.9 Å². The van der Waals surface area contributed by atoms with Gasteiger partial charge in [-0.3, -0.25) is 4.79 Å². The molecule has 3 heterocycles. The molecule has 2 N–H and O–H groups in total. The zero-order valence-electron chi connectivity index (χ0n) is 16.3. The third-order valence-corrected chi connectivity index (χ3v) is 6.29. The van der Waals surface area contributed by atoms with Crippen molar-refractivity contribution < 1.29 is 4.79 Å². The van der Waals surface area contributed by atoms with Crippen LogP contribution >= 0.6 is 23.2 Å². The predicted octanol–water partition coefficient (Wildman–Crippen LogP) is 4.93. The topological polar surface area (TPSA) is 59.0 Å². The monoisotopic (exact) mass is 438 g/mol. The first-order valence-electron chi connectivity index (χ1n) is 9.86. The minimum absolute atomic E-state index is 0.0226. The summed E-state index contributed by atoms with van der Waals surface area (Å²) in [5.41, 5.74) is 4.54. The number of aromatic nitrogens is 2. The van der Waals surface area contributed by atoms with Gasteiger partial charge in [0, 0.05) is 22.8 Å². The van der Waals surface area contributed by atoms with Crippen molar-refractivity contribution in [1.82, 2.24) is 15.1 Å². The highest BCUT2D eigenvalue weighted by molar-refractivity contribution is 6.33. The molecule has 1 aromatic heterocycles. The van der Waals surface area contributed by atoms with Crippen LogP contribution < -0.4 is 10.6 Å². The van der Waals surface area contributed by atoms with Crippen LogP contribution in [0.5, 0.6) is 0 Å². The number of carbonyl (C=O) groups excluding carboxylic acids is 1. The van der Waals surface area contributed by atoms with E-state index >= 15 is 0 Å². The highest BCUT2D eigenvalue weighted by Gasteiger charge is 2.38. The second kappa shape index (κ2) is 7.58. The van der Waals surface area contributed by atoms with Gasteiger partial charge in [-0.1, -0.05) is 59.6 Å². The van der Waals surface area contributed by atoms with E-state index in [-0.39, 0.29) is 5.78 Å². The average molecular weight is 439 g/mol. The van der Waals surface area contributed by atoms with Gasteiger partial charge in [-0.2, -0.15) is 5.10 Å². The van der Waals surface area contributed by atoms with Crippen molar-refractivity contribution >= 4 is 34.8 Å². The van der Waals surface area contributed by atoms with Gasteiger partial charge in [0.25, 0.3) is 0 Å². The standard InChI is InChI=1S/C23H20Cl2N4O/c1-13-19(22(30)20-17-8-3-2-5-14(17)9-10-26-20)21(15-6-4-7-16(24)11-15)29-23(28-13)18(25)12-27-29/h2-8,11-12,20-21,26,28H,9-10H2,1H3. The van der Waals surface area contributed by atoms with Crippen LogP contribution in [0.2, 0.25) is 10.0 Å². The molecule has 2 aliphatic heterocycles. The minimum Gasteiger partial charge on any atom is -0.343 e. The second-order valence-electron chi connectivity index (χ2n) is 7.61. The number of carbonyl (C=O) groups is 1. The minimum atomic E-state index is -0.421. The number of nitrogens with zero attached hydrogens (tertiary/aromatic N) is 2. The maximum atomic E-state index is 13.9. The Morgan fingerprint density at radius 1 is 1.17 bits per heavy atom. The molecule has 0 bridgehead atoms. The van der Waals surface area contributed by atoms with E-state index in [1.165, 1.54) is 5.56 Å². The summed E-state index contributed by atoms with van der Waals surface area (Å²) in [5, 5.41) is 12.3. The molecular weight excluding hydrogens is 419 g/mol. The molecule has 0 saturated carbocycles. The molecule has 0 fully saturated rings. The van der Waals surface area contributed by atoms with Gasteiger partial charge in [-0.25, -0.2) is 4.68 Å². The largest absolute Gasteiger partial charge is 0.343 e. The highest BCUT2D eigenvalue weighted by Crippen LogP contribution is 2.41. The summed E-state index contributed by atoms with van der Waals surface area (Å²) in [6, 6.07) is 14.8. The Bertz CT molecular complexity index is 1180. The highest BCUT2D eigenvalue weighted by atomic mass is 35.5. The number of ketones is 1. The van der Waals surface area contributed by atoms with E-state index in [1.807, 2.05) is 49.4 Å². The summed E-state index contributed by atoms with van der Waals surface area (Å²) in [4.78, 5) is 13.9. The fourth-order valence-corrected chi connectivity index (χ4v) is 4.80. The number of rotatable bonds is 3. The Balaban J connectivity index is 1.65. The molecule has 2 aliphatic rings. The molecule has 2 atom stereocenters. The molecule has 0 amide bonds. The molecule has 5 nitrogen and oxygen atoms in total. The van der Waals surface area contributed by atoms with Crippen LogP contribution in [0.4, 0.5) is 5.82 Å². The molecule has 30 heavy (non-hydrogen) atoms. The zero-order valence-corrected chi connectivity index (χ0v) is 17.8. The normalized spacial score (nSPS) is 20.4. The Labute approximate surface area is 184 Å². The van der Waals surface area contributed by atoms with Gasteiger partial charge in [0.05, 0.1) is 12.2 Å². The third kappa shape index (κ3) is 3.14. The maximum Gasteiger partial charge on any atom is 0.184 e. The van der Waals surface area contributed by atoms with Crippen molar-refractivity contribution in [2.24, 2.45) is 0 Å². The quantitative estimate of drug-likeness (QED) is 0.608. The molecule has 2 unspecified atom stereocenters. The van der Waals surface area contributed by atoms with Crippen LogP contribution in [-0.4, -0.2) is 22.1 Å². The first-order valence-corrected chi connectivity index (χ1v) is 10.6. The van der Waals surface area contributed by atoms with Crippen molar-refractivity contribution in [3.05, 3.63) is 92.7 Å². The third-order valence-electron chi connectivity index (χ3n) is 5.78. The van der Waals surface area contributed by atoms with Crippen LogP contribution in [0.1, 0.15) is 35.7 Å². The maximum absolute atomic E-state index is 13.9. The molecule has 0 radical (unpaired) electrons. The van der Waals surface area contributed by atoms with E-state index in [0.717, 1.165) is 29.8 Å². The number of allylic oxidation sites excluding steroid dienone is 1. The Morgan fingerprint density at radius 2 is 2.00 bits per heavy atom. The molecule has 5 rings (SSSR count). The lowest BCUT2D eigenvalue weighted by atomic mass is 9.84. The number of Topliss-reactive ketones (excluding diaryl/α,β-unsaturated/α-hetero) is 1. The summed E-state index contributed by atoms with van der Waals surface area (Å²) < 4.78 is 1.77. The van der Waals surface area contributed by atoms with E-state index in [1.54, 1.807) is 10.9 Å². The first kappa shape index (κ1) is 19.4. The molecule has 3 aromatic rings. The average Bonchev–Trinajstić information content (AvgIpc) is 3.12. The molecule has 2 aromatic carbocycles. The molecule has 0 saturated heterocycles. The summed E-state index contributed by atoms with van der Waals surface area (Å²) in [7, 11) is 0. The van der Waals surface area contributed by atoms with Gasteiger partial charge in [-0.05, 0) is 42.2 Å². The van der Waals surface area contributed by atoms with Crippen molar-refractivity contribution in [1.29, 1.82) is 0 Å². The van der Waals surface area contributed by atoms with Gasteiger partial charge >= 0.3 is 0 Å². The van der Waals surface area contributed by atoms with Crippen LogP contribution in [0.3, 0.4) is 0 Å². The molecule has 7 heteroatoms. The Morgan fingerprint density at radius 3 is 2.83 bits per heavy atom. The summed E-state index contributed by atoms with van der Waals surface area (Å²) in [5.74, 6) is 0.696. The molecule has 0 spiro atoms. The Hall–Kier alpha value is -2.60. The van der Waals surface area contributed by atoms with Crippen LogP contribution in [-0.2, 0) is 11.2 Å². The van der Waals surface area contributed by atoms with Crippen LogP contribution in [0.15, 0.2) is 66.0 Å². The predicted molar refractivity (Wildman–Crippen MR) is 119 cm³/mol. The van der Waals surface area contributed by atoms with E-state index < -0.39 is 12.1 Å². The van der Waals surface area contributed by atoms with Gasteiger partial charge in [0.2, 0.25) is 0 Å². The van der Waals surface area contributed by atoms with E-state index in [9.17, 15) is 4.79 Å². The zero-order chi connectivity index (χ0) is 20.8. The number of hydrogen-bond acceptors (Lipinski definition) is 4. The molecule has 152 valence electrons. The summed E-state index contributed by atoms with van der Waals surface area (Å²) >= 11 is 12.6. The van der Waals surface area contributed by atoms with Crippen molar-refractivity contribution in [3.63, 3.8) is 0 Å². The number of benzene rings is 2. The van der Waals surface area contributed by atoms with Crippen LogP contribution in [0.25, 0.3) is 0 Å². The van der Waals surface area contributed by atoms with Crippen molar-refractivity contribution in [2.75, 3.05) is 11.9 Å². The number of halogens is 2. The number of nitrogens with one attached hydrogen (secondary N) is 2. The number of fused-ring (bicyclic) bond motifs is 2. The molecule has 0 aliphatic carbocycles.